The van der Waals surface area contributed by atoms with Gasteiger partial charge in [-0.1, -0.05) is 30.3 Å². The lowest BCUT2D eigenvalue weighted by Crippen LogP contribution is -2.45. The summed E-state index contributed by atoms with van der Waals surface area (Å²) in [6.07, 6.45) is 5.36. The smallest absolute Gasteiger partial charge is 0.224 e. The molecule has 2 aliphatic rings. The number of piperidine rings is 1. The molecule has 1 aromatic rings. The Morgan fingerprint density at radius 3 is 2.74 bits per heavy atom. The zero-order chi connectivity index (χ0) is 22.1. The summed E-state index contributed by atoms with van der Waals surface area (Å²) in [6, 6.07) is 10.6. The Morgan fingerprint density at radius 2 is 2.00 bits per heavy atom. The van der Waals surface area contributed by atoms with Gasteiger partial charge >= 0.3 is 0 Å². The molecule has 2 saturated heterocycles. The zero-order valence-electron chi connectivity index (χ0n) is 19.0. The predicted octanol–water partition coefficient (Wildman–Crippen LogP) is 2.03. The van der Waals surface area contributed by atoms with Crippen LogP contribution >= 0.6 is 0 Å². The highest BCUT2D eigenvalue weighted by molar-refractivity contribution is 5.82. The number of guanidine groups is 1. The third kappa shape index (κ3) is 6.97. The quantitative estimate of drug-likeness (QED) is 0.492. The third-order valence-electron chi connectivity index (χ3n) is 6.34. The molecule has 1 aromatic carbocycles. The summed E-state index contributed by atoms with van der Waals surface area (Å²) in [5.74, 6) is 1.41. The fourth-order valence-electron chi connectivity index (χ4n) is 4.48. The summed E-state index contributed by atoms with van der Waals surface area (Å²) < 4.78 is 0. The van der Waals surface area contributed by atoms with E-state index in [1.54, 1.807) is 7.05 Å². The van der Waals surface area contributed by atoms with Gasteiger partial charge in [0.2, 0.25) is 11.8 Å². The summed E-state index contributed by atoms with van der Waals surface area (Å²) in [5.41, 5.74) is 1.26. The summed E-state index contributed by atoms with van der Waals surface area (Å²) >= 11 is 0. The number of hydrogen-bond donors (Lipinski definition) is 2. The van der Waals surface area contributed by atoms with Gasteiger partial charge in [0.25, 0.3) is 0 Å². The van der Waals surface area contributed by atoms with Crippen molar-refractivity contribution in [1.82, 2.24) is 20.4 Å². The Kier molecular flexibility index (Phi) is 8.74. The van der Waals surface area contributed by atoms with Crippen LogP contribution in [0.3, 0.4) is 0 Å². The van der Waals surface area contributed by atoms with Crippen molar-refractivity contribution < 1.29 is 9.59 Å². The third-order valence-corrected chi connectivity index (χ3v) is 6.34. The largest absolute Gasteiger partial charge is 0.356 e. The van der Waals surface area contributed by atoms with E-state index in [1.165, 1.54) is 12.0 Å². The molecule has 0 saturated carbocycles. The molecule has 2 amide bonds. The standard InChI is InChI=1S/C24H37N5O2/c1-19-8-6-7-14-29(19)22(30)11-13-26-24(25-2)27-17-21-16-23(31)28(18-21)15-12-20-9-4-3-5-10-20/h3-5,9-10,19,21H,6-8,11-18H2,1-2H3,(H2,25,26,27). The first-order valence-corrected chi connectivity index (χ1v) is 11.6. The van der Waals surface area contributed by atoms with Crippen LogP contribution in [0.5, 0.6) is 0 Å². The van der Waals surface area contributed by atoms with Gasteiger partial charge in [0, 0.05) is 64.6 Å². The highest BCUT2D eigenvalue weighted by Gasteiger charge is 2.29. The lowest BCUT2D eigenvalue weighted by atomic mass is 10.0. The van der Waals surface area contributed by atoms with Crippen LogP contribution < -0.4 is 10.6 Å². The van der Waals surface area contributed by atoms with Crippen LogP contribution in [-0.4, -0.2) is 73.4 Å². The highest BCUT2D eigenvalue weighted by Crippen LogP contribution is 2.18. The van der Waals surface area contributed by atoms with Crippen LogP contribution in [0, 0.1) is 5.92 Å². The fourth-order valence-corrected chi connectivity index (χ4v) is 4.48. The van der Waals surface area contributed by atoms with Gasteiger partial charge in [0.1, 0.15) is 0 Å². The monoisotopic (exact) mass is 427 g/mol. The van der Waals surface area contributed by atoms with Crippen molar-refractivity contribution in [1.29, 1.82) is 0 Å². The molecular weight excluding hydrogens is 390 g/mol. The molecule has 0 bridgehead atoms. The van der Waals surface area contributed by atoms with Gasteiger partial charge in [-0.05, 0) is 38.2 Å². The number of rotatable bonds is 8. The molecule has 2 aliphatic heterocycles. The van der Waals surface area contributed by atoms with Crippen molar-refractivity contribution in [2.24, 2.45) is 10.9 Å². The Hall–Kier alpha value is -2.57. The number of amides is 2. The highest BCUT2D eigenvalue weighted by atomic mass is 16.2. The van der Waals surface area contributed by atoms with Crippen molar-refractivity contribution in [2.45, 2.75) is 51.5 Å². The van der Waals surface area contributed by atoms with E-state index in [1.807, 2.05) is 28.0 Å². The molecule has 0 aromatic heterocycles. The average Bonchev–Trinajstić information content (AvgIpc) is 3.15. The molecule has 31 heavy (non-hydrogen) atoms. The molecule has 3 rings (SSSR count). The van der Waals surface area contributed by atoms with Crippen LogP contribution in [0.4, 0.5) is 0 Å². The molecule has 2 unspecified atom stereocenters. The second-order valence-electron chi connectivity index (χ2n) is 8.71. The maximum Gasteiger partial charge on any atom is 0.224 e. The molecule has 170 valence electrons. The van der Waals surface area contributed by atoms with Crippen molar-refractivity contribution in [3.8, 4) is 0 Å². The Bertz CT molecular complexity index is 752. The minimum atomic E-state index is 0.214. The Labute approximate surface area is 186 Å². The maximum absolute atomic E-state index is 12.5. The van der Waals surface area contributed by atoms with Crippen LogP contribution in [-0.2, 0) is 16.0 Å². The zero-order valence-corrected chi connectivity index (χ0v) is 19.0. The van der Waals surface area contributed by atoms with Gasteiger partial charge < -0.3 is 20.4 Å². The van der Waals surface area contributed by atoms with Gasteiger partial charge in [-0.3, -0.25) is 14.6 Å². The summed E-state index contributed by atoms with van der Waals surface area (Å²) in [4.78, 5) is 33.1. The van der Waals surface area contributed by atoms with E-state index < -0.39 is 0 Å². The van der Waals surface area contributed by atoms with Crippen molar-refractivity contribution in [3.63, 3.8) is 0 Å². The molecule has 0 spiro atoms. The van der Waals surface area contributed by atoms with Crippen molar-refractivity contribution >= 4 is 17.8 Å². The fraction of sp³-hybridized carbons (Fsp3) is 0.625. The van der Waals surface area contributed by atoms with E-state index in [0.29, 0.717) is 37.9 Å². The number of nitrogens with zero attached hydrogens (tertiary/aromatic N) is 3. The van der Waals surface area contributed by atoms with Crippen LogP contribution in [0.1, 0.15) is 44.6 Å². The number of carbonyl (C=O) groups is 2. The molecule has 2 atom stereocenters. The molecule has 7 heteroatoms. The number of aliphatic imine (C=N–C) groups is 1. The molecule has 2 heterocycles. The van der Waals surface area contributed by atoms with E-state index in [4.69, 9.17) is 0 Å². The Morgan fingerprint density at radius 1 is 1.19 bits per heavy atom. The number of carbonyl (C=O) groups excluding carboxylic acids is 2. The van der Waals surface area contributed by atoms with Gasteiger partial charge in [0.05, 0.1) is 0 Å². The molecular formula is C24H37N5O2. The van der Waals surface area contributed by atoms with Crippen molar-refractivity contribution in [2.75, 3.05) is 39.8 Å². The van der Waals surface area contributed by atoms with Crippen LogP contribution in [0.25, 0.3) is 0 Å². The van der Waals surface area contributed by atoms with Crippen molar-refractivity contribution in [3.05, 3.63) is 35.9 Å². The number of likely N-dealkylation sites (tertiary alicyclic amines) is 2. The Balaban J connectivity index is 1.34. The number of hydrogen-bond acceptors (Lipinski definition) is 3. The van der Waals surface area contributed by atoms with E-state index in [0.717, 1.165) is 38.9 Å². The molecule has 2 N–H and O–H groups in total. The second-order valence-corrected chi connectivity index (χ2v) is 8.71. The predicted molar refractivity (Wildman–Crippen MR) is 124 cm³/mol. The molecule has 0 aliphatic carbocycles. The molecule has 7 nitrogen and oxygen atoms in total. The van der Waals surface area contributed by atoms with Gasteiger partial charge in [-0.15, -0.1) is 0 Å². The first-order chi connectivity index (χ1) is 15.1. The molecule has 0 radical (unpaired) electrons. The van der Waals surface area contributed by atoms with Gasteiger partial charge in [-0.25, -0.2) is 0 Å². The van der Waals surface area contributed by atoms with Crippen LogP contribution in [0.15, 0.2) is 35.3 Å². The summed E-state index contributed by atoms with van der Waals surface area (Å²) in [5, 5.41) is 6.56. The van der Waals surface area contributed by atoms with E-state index in [2.05, 4.69) is 34.7 Å². The van der Waals surface area contributed by atoms with E-state index in [9.17, 15) is 9.59 Å². The number of benzene rings is 1. The normalized spacial score (nSPS) is 22.0. The van der Waals surface area contributed by atoms with E-state index >= 15 is 0 Å². The van der Waals surface area contributed by atoms with E-state index in [-0.39, 0.29) is 17.7 Å². The first kappa shape index (κ1) is 23.1. The molecule has 2 fully saturated rings. The second kappa shape index (κ2) is 11.7. The van der Waals surface area contributed by atoms with Gasteiger partial charge in [-0.2, -0.15) is 0 Å². The number of nitrogens with one attached hydrogen (secondary N) is 2. The minimum Gasteiger partial charge on any atom is -0.356 e. The van der Waals surface area contributed by atoms with Crippen LogP contribution in [0.2, 0.25) is 0 Å². The minimum absolute atomic E-state index is 0.214. The topological polar surface area (TPSA) is 77.0 Å². The summed E-state index contributed by atoms with van der Waals surface area (Å²) in [7, 11) is 1.73. The first-order valence-electron chi connectivity index (χ1n) is 11.6. The average molecular weight is 428 g/mol. The maximum atomic E-state index is 12.5. The lowest BCUT2D eigenvalue weighted by molar-refractivity contribution is -0.134. The lowest BCUT2D eigenvalue weighted by Gasteiger charge is -2.33. The SMILES string of the molecule is CN=C(NCCC(=O)N1CCCCC1C)NCC1CC(=O)N(CCc2ccccc2)C1. The summed E-state index contributed by atoms with van der Waals surface area (Å²) in [6.45, 7) is 5.82. The van der Waals surface area contributed by atoms with Gasteiger partial charge in [0.15, 0.2) is 5.96 Å².